The highest BCUT2D eigenvalue weighted by Gasteiger charge is 2.42. The van der Waals surface area contributed by atoms with E-state index in [1.165, 1.54) is 0 Å². The molecule has 0 aromatic heterocycles. The number of carbonyl (C=O) groups is 2. The zero-order chi connectivity index (χ0) is 18.1. The molecule has 25 heavy (non-hydrogen) atoms. The van der Waals surface area contributed by atoms with E-state index in [2.05, 4.69) is 0 Å². The van der Waals surface area contributed by atoms with Gasteiger partial charge in [-0.15, -0.1) is 0 Å². The van der Waals surface area contributed by atoms with E-state index in [1.807, 2.05) is 37.3 Å². The molecule has 0 saturated carbocycles. The molecular weight excluding hydrogens is 383 g/mol. The second-order valence-electron chi connectivity index (χ2n) is 5.26. The summed E-state index contributed by atoms with van der Waals surface area (Å²) in [6, 6.07) is 14.0. The molecule has 0 fully saturated rings. The van der Waals surface area contributed by atoms with Crippen LogP contribution in [0, 0.1) is 0 Å². The van der Waals surface area contributed by atoms with Crippen LogP contribution in [0.4, 0.5) is 11.4 Å². The number of likely N-dealkylation sites (N-methyl/N-ethyl adjacent to an activating group) is 1. The van der Waals surface area contributed by atoms with Crippen LogP contribution in [0.2, 0.25) is 10.0 Å². The van der Waals surface area contributed by atoms with Crippen LogP contribution in [0.3, 0.4) is 0 Å². The monoisotopic (exact) mass is 394 g/mol. The van der Waals surface area contributed by atoms with Crippen molar-refractivity contribution in [3.05, 3.63) is 69.3 Å². The van der Waals surface area contributed by atoms with Gasteiger partial charge in [-0.2, -0.15) is 0 Å². The van der Waals surface area contributed by atoms with E-state index in [0.717, 1.165) is 10.6 Å². The molecule has 1 aliphatic heterocycles. The third-order valence-electron chi connectivity index (χ3n) is 3.83. The molecule has 0 spiro atoms. The van der Waals surface area contributed by atoms with E-state index in [0.29, 0.717) is 6.54 Å². The lowest BCUT2D eigenvalue weighted by atomic mass is 10.2. The minimum absolute atomic E-state index is 0.122. The molecule has 128 valence electrons. The maximum atomic E-state index is 13.0. The van der Waals surface area contributed by atoms with Crippen LogP contribution >= 0.6 is 34.8 Å². The number of anilines is 2. The summed E-state index contributed by atoms with van der Waals surface area (Å²) >= 11 is 18.4. The van der Waals surface area contributed by atoms with E-state index in [4.69, 9.17) is 34.8 Å². The maximum Gasteiger partial charge on any atom is 0.283 e. The Morgan fingerprint density at radius 1 is 0.920 bits per heavy atom. The number of benzene rings is 2. The summed E-state index contributed by atoms with van der Waals surface area (Å²) < 4.78 is 0. The van der Waals surface area contributed by atoms with Crippen molar-refractivity contribution in [1.82, 2.24) is 0 Å². The van der Waals surface area contributed by atoms with Gasteiger partial charge in [0, 0.05) is 12.2 Å². The van der Waals surface area contributed by atoms with Gasteiger partial charge in [0.05, 0.1) is 15.7 Å². The van der Waals surface area contributed by atoms with Gasteiger partial charge in [-0.05, 0) is 31.2 Å². The molecule has 2 aromatic carbocycles. The van der Waals surface area contributed by atoms with Crippen molar-refractivity contribution in [3.8, 4) is 0 Å². The van der Waals surface area contributed by atoms with Crippen molar-refractivity contribution in [2.75, 3.05) is 16.3 Å². The lowest BCUT2D eigenvalue weighted by molar-refractivity contribution is -0.120. The van der Waals surface area contributed by atoms with E-state index < -0.39 is 11.8 Å². The fourth-order valence-electron chi connectivity index (χ4n) is 2.69. The number of hydrogen-bond donors (Lipinski definition) is 0. The van der Waals surface area contributed by atoms with Crippen LogP contribution in [0.5, 0.6) is 0 Å². The van der Waals surface area contributed by atoms with E-state index in [1.54, 1.807) is 23.1 Å². The van der Waals surface area contributed by atoms with Gasteiger partial charge in [0.25, 0.3) is 11.8 Å². The molecule has 0 bridgehead atoms. The number of amides is 2. The van der Waals surface area contributed by atoms with Gasteiger partial charge in [-0.1, -0.05) is 59.1 Å². The van der Waals surface area contributed by atoms with Gasteiger partial charge in [0.2, 0.25) is 0 Å². The minimum Gasteiger partial charge on any atom is -0.336 e. The molecule has 0 N–H and O–H groups in total. The molecule has 3 rings (SSSR count). The average molecular weight is 396 g/mol. The van der Waals surface area contributed by atoms with Crippen LogP contribution in [0.1, 0.15) is 6.92 Å². The molecule has 2 aromatic rings. The summed E-state index contributed by atoms with van der Waals surface area (Å²) in [6.07, 6.45) is 0. The highest BCUT2D eigenvalue weighted by atomic mass is 35.5. The molecule has 0 saturated heterocycles. The Hall–Kier alpha value is -2.01. The van der Waals surface area contributed by atoms with Crippen LogP contribution in [0.15, 0.2) is 59.3 Å². The summed E-state index contributed by atoms with van der Waals surface area (Å²) in [5.74, 6) is -1.16. The maximum absolute atomic E-state index is 13.0. The Labute approximate surface area is 160 Å². The number of para-hydroxylation sites is 1. The topological polar surface area (TPSA) is 40.6 Å². The average Bonchev–Trinajstić information content (AvgIpc) is 2.83. The van der Waals surface area contributed by atoms with Crippen molar-refractivity contribution in [1.29, 1.82) is 0 Å². The summed E-state index contributed by atoms with van der Waals surface area (Å²) in [4.78, 5) is 28.3. The number of nitrogens with zero attached hydrogens (tertiary/aromatic N) is 2. The summed E-state index contributed by atoms with van der Waals surface area (Å²) in [7, 11) is 0. The molecule has 1 heterocycles. The third-order valence-corrected chi connectivity index (χ3v) is 4.98. The van der Waals surface area contributed by atoms with Crippen LogP contribution in [-0.4, -0.2) is 18.4 Å². The van der Waals surface area contributed by atoms with Gasteiger partial charge in [-0.3, -0.25) is 9.59 Å². The Morgan fingerprint density at radius 3 is 2.24 bits per heavy atom. The Morgan fingerprint density at radius 2 is 1.60 bits per heavy atom. The lowest BCUT2D eigenvalue weighted by Gasteiger charge is -2.24. The minimum atomic E-state index is -0.625. The van der Waals surface area contributed by atoms with Crippen molar-refractivity contribution >= 4 is 58.0 Å². The van der Waals surface area contributed by atoms with Crippen LogP contribution in [-0.2, 0) is 9.59 Å². The third kappa shape index (κ3) is 3.01. The highest BCUT2D eigenvalue weighted by Crippen LogP contribution is 2.38. The Balaban J connectivity index is 2.07. The molecule has 1 aliphatic rings. The molecule has 0 unspecified atom stereocenters. The molecule has 2 amide bonds. The fourth-order valence-corrected chi connectivity index (χ4v) is 3.33. The first-order chi connectivity index (χ1) is 12.0. The van der Waals surface area contributed by atoms with Crippen molar-refractivity contribution in [3.63, 3.8) is 0 Å². The Kier molecular flexibility index (Phi) is 5.04. The number of carbonyl (C=O) groups excluding carboxylic acids is 2. The second kappa shape index (κ2) is 7.08. The Bertz CT molecular complexity index is 881. The molecule has 0 atom stereocenters. The van der Waals surface area contributed by atoms with Gasteiger partial charge >= 0.3 is 0 Å². The first kappa shape index (κ1) is 17.8. The van der Waals surface area contributed by atoms with Gasteiger partial charge < -0.3 is 4.90 Å². The van der Waals surface area contributed by atoms with Crippen LogP contribution < -0.4 is 9.80 Å². The predicted octanol–water partition coefficient (Wildman–Crippen LogP) is 4.84. The number of halogens is 3. The predicted molar refractivity (Wildman–Crippen MR) is 101 cm³/mol. The van der Waals surface area contributed by atoms with E-state index in [-0.39, 0.29) is 26.5 Å². The number of rotatable bonds is 4. The molecule has 4 nitrogen and oxygen atoms in total. The smallest absolute Gasteiger partial charge is 0.283 e. The highest BCUT2D eigenvalue weighted by molar-refractivity contribution is 6.54. The second-order valence-corrected chi connectivity index (χ2v) is 6.42. The summed E-state index contributed by atoms with van der Waals surface area (Å²) in [5.41, 5.74) is 1.09. The molecule has 0 radical (unpaired) electrons. The van der Waals surface area contributed by atoms with E-state index >= 15 is 0 Å². The SMILES string of the molecule is CCN(C1=C(Cl)C(=O)N(c2cccc(Cl)c2Cl)C1=O)c1ccccc1. The van der Waals surface area contributed by atoms with Crippen molar-refractivity contribution in [2.45, 2.75) is 6.92 Å². The van der Waals surface area contributed by atoms with Crippen LogP contribution in [0.25, 0.3) is 0 Å². The van der Waals surface area contributed by atoms with E-state index in [9.17, 15) is 9.59 Å². The molecule has 0 aliphatic carbocycles. The quantitative estimate of drug-likeness (QED) is 0.695. The molecule has 7 heteroatoms. The van der Waals surface area contributed by atoms with Gasteiger partial charge in [-0.25, -0.2) is 4.90 Å². The first-order valence-corrected chi connectivity index (χ1v) is 8.66. The van der Waals surface area contributed by atoms with Crippen molar-refractivity contribution < 1.29 is 9.59 Å². The number of imide groups is 1. The first-order valence-electron chi connectivity index (χ1n) is 7.52. The number of hydrogen-bond acceptors (Lipinski definition) is 3. The largest absolute Gasteiger partial charge is 0.336 e. The standard InChI is InChI=1S/C18H13Cl3N2O2/c1-2-22(11-7-4-3-5-8-11)16-15(21)17(24)23(18(16)25)13-10-6-9-12(19)14(13)20/h3-10H,2H2,1H3. The van der Waals surface area contributed by atoms with Gasteiger partial charge in [0.15, 0.2) is 0 Å². The van der Waals surface area contributed by atoms with Gasteiger partial charge in [0.1, 0.15) is 10.7 Å². The normalized spacial score (nSPS) is 14.5. The summed E-state index contributed by atoms with van der Waals surface area (Å²) in [6.45, 7) is 2.34. The summed E-state index contributed by atoms with van der Waals surface area (Å²) in [5, 5.41) is 0.228. The fraction of sp³-hybridized carbons (Fsp3) is 0.111. The molecular formula is C18H13Cl3N2O2. The lowest BCUT2D eigenvalue weighted by Crippen LogP contribution is -2.35. The zero-order valence-electron chi connectivity index (χ0n) is 13.2. The van der Waals surface area contributed by atoms with Crippen molar-refractivity contribution in [2.24, 2.45) is 0 Å². The zero-order valence-corrected chi connectivity index (χ0v) is 15.4.